The van der Waals surface area contributed by atoms with Crippen molar-refractivity contribution in [2.24, 2.45) is 5.92 Å². The number of rotatable bonds is 5. The molecule has 0 unspecified atom stereocenters. The van der Waals surface area contributed by atoms with Gasteiger partial charge in [0.15, 0.2) is 0 Å². The Morgan fingerprint density at radius 3 is 2.76 bits per heavy atom. The highest BCUT2D eigenvalue weighted by Crippen LogP contribution is 2.41. The Kier molecular flexibility index (Phi) is 5.56. The van der Waals surface area contributed by atoms with Crippen molar-refractivity contribution in [1.82, 2.24) is 19.5 Å². The number of aryl methyl sites for hydroxylation is 2. The SMILES string of the molecule is CCOC(=O)C1CCN([C@H](c2cccc(C)c2)c2sc3nc(C)nn3c2O)CC1. The van der Waals surface area contributed by atoms with E-state index in [4.69, 9.17) is 4.74 Å². The third-order valence-corrected chi connectivity index (χ3v) is 6.50. The molecule has 8 heteroatoms. The largest absolute Gasteiger partial charge is 0.492 e. The topological polar surface area (TPSA) is 80.0 Å². The van der Waals surface area contributed by atoms with Gasteiger partial charge in [-0.15, -0.1) is 5.10 Å². The second-order valence-corrected chi connectivity index (χ2v) is 8.53. The molecule has 0 aliphatic carbocycles. The van der Waals surface area contributed by atoms with E-state index in [1.807, 2.05) is 19.9 Å². The van der Waals surface area contributed by atoms with Crippen LogP contribution < -0.4 is 0 Å². The first-order valence-corrected chi connectivity index (χ1v) is 10.8. The number of likely N-dealkylation sites (tertiary alicyclic amines) is 1. The minimum atomic E-state index is -0.105. The lowest BCUT2D eigenvalue weighted by Crippen LogP contribution is -2.39. The highest BCUT2D eigenvalue weighted by atomic mass is 32.1. The Labute approximate surface area is 173 Å². The predicted molar refractivity (Wildman–Crippen MR) is 111 cm³/mol. The highest BCUT2D eigenvalue weighted by molar-refractivity contribution is 7.17. The quantitative estimate of drug-likeness (QED) is 0.644. The van der Waals surface area contributed by atoms with Crippen molar-refractivity contribution in [3.63, 3.8) is 0 Å². The number of aromatic hydroxyl groups is 1. The fraction of sp³-hybridized carbons (Fsp3) is 0.476. The van der Waals surface area contributed by atoms with Gasteiger partial charge in [-0.2, -0.15) is 4.52 Å². The van der Waals surface area contributed by atoms with E-state index in [0.717, 1.165) is 36.4 Å². The van der Waals surface area contributed by atoms with Crippen molar-refractivity contribution in [1.29, 1.82) is 0 Å². The van der Waals surface area contributed by atoms with Crippen LogP contribution in [0.3, 0.4) is 0 Å². The molecule has 1 N–H and O–H groups in total. The number of hydrogen-bond donors (Lipinski definition) is 1. The number of benzene rings is 1. The number of carbonyl (C=O) groups is 1. The zero-order valence-electron chi connectivity index (χ0n) is 17.0. The number of fused-ring (bicyclic) bond motifs is 1. The van der Waals surface area contributed by atoms with Crippen LogP contribution in [-0.4, -0.2) is 50.3 Å². The van der Waals surface area contributed by atoms with Gasteiger partial charge in [0, 0.05) is 0 Å². The highest BCUT2D eigenvalue weighted by Gasteiger charge is 2.34. The molecule has 0 amide bonds. The molecule has 1 saturated heterocycles. The molecule has 3 aromatic rings. The Morgan fingerprint density at radius 1 is 1.34 bits per heavy atom. The number of esters is 1. The maximum absolute atomic E-state index is 12.1. The first-order valence-electron chi connectivity index (χ1n) is 10.00. The fourth-order valence-electron chi connectivity index (χ4n) is 4.05. The first-order chi connectivity index (χ1) is 14.0. The fourth-order valence-corrected chi connectivity index (χ4v) is 5.21. The molecule has 0 spiro atoms. The molecule has 7 nitrogen and oxygen atoms in total. The molecule has 154 valence electrons. The minimum Gasteiger partial charge on any atom is -0.492 e. The van der Waals surface area contributed by atoms with Crippen LogP contribution in [0.2, 0.25) is 0 Å². The lowest BCUT2D eigenvalue weighted by Gasteiger charge is -2.36. The number of aromatic nitrogens is 3. The second kappa shape index (κ2) is 8.12. The molecule has 3 heterocycles. The maximum Gasteiger partial charge on any atom is 0.309 e. The first kappa shape index (κ1) is 19.8. The van der Waals surface area contributed by atoms with E-state index < -0.39 is 0 Å². The van der Waals surface area contributed by atoms with Gasteiger partial charge >= 0.3 is 5.97 Å². The van der Waals surface area contributed by atoms with Gasteiger partial charge in [0.1, 0.15) is 5.82 Å². The van der Waals surface area contributed by atoms with E-state index in [9.17, 15) is 9.90 Å². The van der Waals surface area contributed by atoms with Crippen LogP contribution in [0.5, 0.6) is 5.88 Å². The van der Waals surface area contributed by atoms with E-state index in [2.05, 4.69) is 40.1 Å². The number of ether oxygens (including phenoxy) is 1. The second-order valence-electron chi connectivity index (χ2n) is 7.52. The molecule has 1 atom stereocenters. The number of nitrogens with zero attached hydrogens (tertiary/aromatic N) is 4. The van der Waals surface area contributed by atoms with E-state index in [-0.39, 0.29) is 23.8 Å². The molecule has 0 saturated carbocycles. The summed E-state index contributed by atoms with van der Waals surface area (Å²) in [4.78, 5) is 20.4. The van der Waals surface area contributed by atoms with Crippen molar-refractivity contribution in [2.45, 2.75) is 39.7 Å². The Hall–Kier alpha value is -2.45. The van der Waals surface area contributed by atoms with E-state index in [1.165, 1.54) is 21.4 Å². The van der Waals surface area contributed by atoms with Gasteiger partial charge < -0.3 is 9.84 Å². The molecule has 2 aromatic heterocycles. The Morgan fingerprint density at radius 2 is 2.10 bits per heavy atom. The van der Waals surface area contributed by atoms with Gasteiger partial charge in [-0.05, 0) is 52.3 Å². The standard InChI is InChI=1S/C21H26N4O3S/c1-4-28-20(27)15-8-10-24(11-9-15)17(16-7-5-6-13(2)12-16)18-19(26)25-21(29-18)22-14(3)23-25/h5-7,12,15,17,26H,4,8-11H2,1-3H3/t17-/m1/s1. The predicted octanol–water partition coefficient (Wildman–Crippen LogP) is 3.48. The van der Waals surface area contributed by atoms with Gasteiger partial charge in [0.25, 0.3) is 0 Å². The van der Waals surface area contributed by atoms with Gasteiger partial charge in [-0.1, -0.05) is 41.2 Å². The van der Waals surface area contributed by atoms with Crippen molar-refractivity contribution in [3.05, 3.63) is 46.1 Å². The number of hydrogen-bond acceptors (Lipinski definition) is 7. The van der Waals surface area contributed by atoms with E-state index >= 15 is 0 Å². The molecule has 0 radical (unpaired) electrons. The molecular formula is C21H26N4O3S. The Bertz CT molecular complexity index is 1020. The van der Waals surface area contributed by atoms with E-state index in [0.29, 0.717) is 17.4 Å². The number of carbonyl (C=O) groups excluding carboxylic acids is 1. The van der Waals surface area contributed by atoms with E-state index in [1.54, 1.807) is 0 Å². The molecule has 4 rings (SSSR count). The monoisotopic (exact) mass is 414 g/mol. The zero-order chi connectivity index (χ0) is 20.5. The molecule has 1 aromatic carbocycles. The summed E-state index contributed by atoms with van der Waals surface area (Å²) in [5, 5.41) is 15.2. The van der Waals surface area contributed by atoms with Crippen LogP contribution in [0, 0.1) is 19.8 Å². The number of thiazole rings is 1. The lowest BCUT2D eigenvalue weighted by atomic mass is 9.93. The molecule has 0 bridgehead atoms. The average molecular weight is 415 g/mol. The summed E-state index contributed by atoms with van der Waals surface area (Å²) in [6.45, 7) is 7.66. The summed E-state index contributed by atoms with van der Waals surface area (Å²) in [5.41, 5.74) is 2.29. The van der Waals surface area contributed by atoms with Crippen LogP contribution in [-0.2, 0) is 9.53 Å². The van der Waals surface area contributed by atoms with Crippen LogP contribution in [0.4, 0.5) is 0 Å². The normalized spacial score (nSPS) is 16.9. The van der Waals surface area contributed by atoms with Crippen molar-refractivity contribution >= 4 is 22.3 Å². The molecule has 1 fully saturated rings. The zero-order valence-corrected chi connectivity index (χ0v) is 17.8. The third kappa shape index (κ3) is 3.86. The smallest absolute Gasteiger partial charge is 0.309 e. The van der Waals surface area contributed by atoms with Crippen molar-refractivity contribution in [2.75, 3.05) is 19.7 Å². The molecule has 1 aliphatic heterocycles. The van der Waals surface area contributed by atoms with Gasteiger partial charge in [-0.3, -0.25) is 9.69 Å². The van der Waals surface area contributed by atoms with Crippen LogP contribution in [0.25, 0.3) is 4.96 Å². The molecule has 29 heavy (non-hydrogen) atoms. The minimum absolute atomic E-state index is 0.0528. The summed E-state index contributed by atoms with van der Waals surface area (Å²) in [6.07, 6.45) is 1.50. The summed E-state index contributed by atoms with van der Waals surface area (Å²) in [5.74, 6) is 0.629. The lowest BCUT2D eigenvalue weighted by molar-refractivity contribution is -0.149. The summed E-state index contributed by atoms with van der Waals surface area (Å²) in [7, 11) is 0. The van der Waals surface area contributed by atoms with Gasteiger partial charge in [-0.25, -0.2) is 4.98 Å². The van der Waals surface area contributed by atoms with Gasteiger partial charge in [0.2, 0.25) is 10.8 Å². The summed E-state index contributed by atoms with van der Waals surface area (Å²) < 4.78 is 6.72. The van der Waals surface area contributed by atoms with Crippen LogP contribution in [0.15, 0.2) is 24.3 Å². The molecular weight excluding hydrogens is 388 g/mol. The summed E-state index contributed by atoms with van der Waals surface area (Å²) in [6, 6.07) is 8.26. The van der Waals surface area contributed by atoms with Crippen LogP contribution in [0.1, 0.15) is 47.6 Å². The Balaban J connectivity index is 1.67. The third-order valence-electron chi connectivity index (χ3n) is 5.43. The van der Waals surface area contributed by atoms with Gasteiger partial charge in [0.05, 0.1) is 23.4 Å². The average Bonchev–Trinajstić information content (AvgIpc) is 3.20. The summed E-state index contributed by atoms with van der Waals surface area (Å²) >= 11 is 1.47. The van der Waals surface area contributed by atoms with Crippen molar-refractivity contribution in [3.8, 4) is 5.88 Å². The van der Waals surface area contributed by atoms with Crippen LogP contribution >= 0.6 is 11.3 Å². The number of piperidine rings is 1. The molecule has 1 aliphatic rings. The maximum atomic E-state index is 12.1. The van der Waals surface area contributed by atoms with Crippen molar-refractivity contribution < 1.29 is 14.6 Å².